The number of carboxylic acids is 1. The molecule has 0 aliphatic heterocycles. The number of ether oxygens (including phenoxy) is 1. The molecule has 2 aromatic heterocycles. The standard InChI is InChI=1S/C28H30F3N3O3/c1-27(2,14-37-4)25-21(15-7-9-28(3,10-8-15)26(35)36)22-20(11-16-13-32-33-24(16)23(22)31)34(25)17-5-6-18(29)19(30)12-17/h5-6,11-13,15H,7-10,14H2,1-4H3,(H,32,33)(H,35,36). The van der Waals surface area contributed by atoms with Crippen LogP contribution < -0.4 is 0 Å². The van der Waals surface area contributed by atoms with Crippen molar-refractivity contribution < 1.29 is 27.8 Å². The Hall–Kier alpha value is -3.33. The van der Waals surface area contributed by atoms with E-state index in [4.69, 9.17) is 4.74 Å². The molecule has 0 unspecified atom stereocenters. The van der Waals surface area contributed by atoms with Crippen LogP contribution in [-0.4, -0.2) is 39.6 Å². The van der Waals surface area contributed by atoms with Crippen molar-refractivity contribution in [2.24, 2.45) is 5.41 Å². The summed E-state index contributed by atoms with van der Waals surface area (Å²) in [4.78, 5) is 11.9. The van der Waals surface area contributed by atoms with Gasteiger partial charge >= 0.3 is 5.97 Å². The fraction of sp³-hybridized carbons (Fsp3) is 0.429. The van der Waals surface area contributed by atoms with E-state index in [0.29, 0.717) is 54.3 Å². The normalized spacial score (nSPS) is 20.7. The third-order valence-electron chi connectivity index (χ3n) is 7.97. The Kier molecular flexibility index (Phi) is 6.09. The third kappa shape index (κ3) is 4.00. The average molecular weight is 514 g/mol. The fourth-order valence-electron chi connectivity index (χ4n) is 5.97. The monoisotopic (exact) mass is 513 g/mol. The first-order valence-electron chi connectivity index (χ1n) is 12.4. The number of methoxy groups -OCH3 is 1. The zero-order valence-electron chi connectivity index (χ0n) is 21.3. The number of aromatic nitrogens is 3. The maximum absolute atomic E-state index is 16.3. The Morgan fingerprint density at radius 2 is 1.92 bits per heavy atom. The molecule has 0 radical (unpaired) electrons. The number of carbonyl (C=O) groups is 1. The number of H-pyrrole nitrogens is 1. The SMILES string of the molecule is COCC(C)(C)c1c(C2CCC(C)(C(=O)O)CC2)c2c(F)c3[nH]ncc3cc2n1-c1ccc(F)c(F)c1. The van der Waals surface area contributed by atoms with Gasteiger partial charge in [-0.2, -0.15) is 5.10 Å². The van der Waals surface area contributed by atoms with Crippen LogP contribution in [0.15, 0.2) is 30.5 Å². The molecule has 4 aromatic rings. The van der Waals surface area contributed by atoms with Gasteiger partial charge in [0.15, 0.2) is 17.5 Å². The lowest BCUT2D eigenvalue weighted by Gasteiger charge is -2.36. The van der Waals surface area contributed by atoms with Crippen LogP contribution in [0, 0.1) is 22.9 Å². The number of hydrogen-bond acceptors (Lipinski definition) is 3. The summed E-state index contributed by atoms with van der Waals surface area (Å²) >= 11 is 0. The predicted octanol–water partition coefficient (Wildman–Crippen LogP) is 6.60. The molecule has 37 heavy (non-hydrogen) atoms. The number of benzene rings is 2. The summed E-state index contributed by atoms with van der Waals surface area (Å²) in [6.07, 6.45) is 3.53. The minimum atomic E-state index is -1.00. The van der Waals surface area contributed by atoms with E-state index >= 15 is 4.39 Å². The van der Waals surface area contributed by atoms with Crippen molar-refractivity contribution in [1.82, 2.24) is 14.8 Å². The molecule has 6 nitrogen and oxygen atoms in total. The summed E-state index contributed by atoms with van der Waals surface area (Å²) in [5.41, 5.74) is 1.13. The smallest absolute Gasteiger partial charge is 0.309 e. The third-order valence-corrected chi connectivity index (χ3v) is 7.97. The lowest BCUT2D eigenvalue weighted by atomic mass is 9.68. The van der Waals surface area contributed by atoms with E-state index in [0.717, 1.165) is 23.4 Å². The molecule has 196 valence electrons. The van der Waals surface area contributed by atoms with Crippen molar-refractivity contribution in [3.05, 3.63) is 59.2 Å². The lowest BCUT2D eigenvalue weighted by molar-refractivity contribution is -0.149. The highest BCUT2D eigenvalue weighted by molar-refractivity contribution is 6.00. The minimum absolute atomic E-state index is 0.137. The maximum atomic E-state index is 16.3. The second-order valence-electron chi connectivity index (χ2n) is 11.1. The molecule has 1 aliphatic carbocycles. The number of aliphatic carboxylic acids is 1. The second kappa shape index (κ2) is 8.90. The van der Waals surface area contributed by atoms with E-state index in [2.05, 4.69) is 10.2 Å². The summed E-state index contributed by atoms with van der Waals surface area (Å²) in [6, 6.07) is 5.46. The zero-order chi connectivity index (χ0) is 26.7. The second-order valence-corrected chi connectivity index (χ2v) is 11.1. The van der Waals surface area contributed by atoms with Crippen LogP contribution in [0.2, 0.25) is 0 Å². The van der Waals surface area contributed by atoms with Crippen LogP contribution in [0.3, 0.4) is 0 Å². The van der Waals surface area contributed by atoms with Crippen LogP contribution in [0.25, 0.3) is 27.5 Å². The average Bonchev–Trinajstić information content (AvgIpc) is 3.45. The molecule has 2 heterocycles. The van der Waals surface area contributed by atoms with Crippen LogP contribution in [0.4, 0.5) is 13.2 Å². The zero-order valence-corrected chi connectivity index (χ0v) is 21.3. The van der Waals surface area contributed by atoms with Crippen LogP contribution in [0.1, 0.15) is 63.6 Å². The van der Waals surface area contributed by atoms with Crippen molar-refractivity contribution in [2.45, 2.75) is 57.8 Å². The van der Waals surface area contributed by atoms with Gasteiger partial charge in [-0.1, -0.05) is 13.8 Å². The van der Waals surface area contributed by atoms with Crippen LogP contribution >= 0.6 is 0 Å². The predicted molar refractivity (Wildman–Crippen MR) is 135 cm³/mol. The summed E-state index contributed by atoms with van der Waals surface area (Å²) in [5, 5.41) is 17.4. The first-order valence-corrected chi connectivity index (χ1v) is 12.4. The molecule has 5 rings (SSSR count). The first kappa shape index (κ1) is 25.3. The van der Waals surface area contributed by atoms with E-state index in [1.165, 1.54) is 12.3 Å². The molecule has 0 saturated heterocycles. The van der Waals surface area contributed by atoms with Crippen molar-refractivity contribution in [1.29, 1.82) is 0 Å². The Morgan fingerprint density at radius 3 is 2.54 bits per heavy atom. The summed E-state index contributed by atoms with van der Waals surface area (Å²) in [5.74, 6) is -3.41. The van der Waals surface area contributed by atoms with Gasteiger partial charge < -0.3 is 14.4 Å². The van der Waals surface area contributed by atoms with Gasteiger partial charge in [0.2, 0.25) is 0 Å². The van der Waals surface area contributed by atoms with Crippen molar-refractivity contribution in [2.75, 3.05) is 13.7 Å². The van der Waals surface area contributed by atoms with Crippen molar-refractivity contribution in [3.8, 4) is 5.69 Å². The lowest BCUT2D eigenvalue weighted by Crippen LogP contribution is -2.33. The number of carboxylic acid groups (broad SMARTS) is 1. The van der Waals surface area contributed by atoms with Gasteiger partial charge in [0, 0.05) is 40.7 Å². The van der Waals surface area contributed by atoms with Gasteiger partial charge in [-0.25, -0.2) is 13.2 Å². The van der Waals surface area contributed by atoms with Crippen LogP contribution in [-0.2, 0) is 14.9 Å². The maximum Gasteiger partial charge on any atom is 0.309 e. The van der Waals surface area contributed by atoms with E-state index in [1.54, 1.807) is 24.7 Å². The van der Waals surface area contributed by atoms with Gasteiger partial charge in [0.1, 0.15) is 5.52 Å². The highest BCUT2D eigenvalue weighted by atomic mass is 19.2. The Labute approximate surface area is 212 Å². The molecule has 1 aliphatic rings. The Balaban J connectivity index is 1.87. The number of fused-ring (bicyclic) bond motifs is 2. The van der Waals surface area contributed by atoms with Crippen molar-refractivity contribution >= 4 is 27.8 Å². The minimum Gasteiger partial charge on any atom is -0.481 e. The number of aromatic amines is 1. The molecular weight excluding hydrogens is 483 g/mol. The molecule has 1 fully saturated rings. The molecule has 0 atom stereocenters. The van der Waals surface area contributed by atoms with Gasteiger partial charge in [-0.3, -0.25) is 9.89 Å². The highest BCUT2D eigenvalue weighted by Crippen LogP contribution is 2.50. The molecule has 0 spiro atoms. The summed E-state index contributed by atoms with van der Waals surface area (Å²) < 4.78 is 52.0. The van der Waals surface area contributed by atoms with E-state index < -0.39 is 34.3 Å². The van der Waals surface area contributed by atoms with Gasteiger partial charge in [-0.15, -0.1) is 0 Å². The number of nitrogens with zero attached hydrogens (tertiary/aromatic N) is 2. The number of hydrogen-bond donors (Lipinski definition) is 2. The fourth-order valence-corrected chi connectivity index (χ4v) is 5.97. The van der Waals surface area contributed by atoms with E-state index in [-0.39, 0.29) is 11.4 Å². The summed E-state index contributed by atoms with van der Waals surface area (Å²) in [7, 11) is 1.58. The Morgan fingerprint density at radius 1 is 1.22 bits per heavy atom. The van der Waals surface area contributed by atoms with Gasteiger partial charge in [-0.05, 0) is 62.3 Å². The Bertz CT molecular complexity index is 1510. The van der Waals surface area contributed by atoms with Gasteiger partial charge in [0.25, 0.3) is 0 Å². The molecule has 0 amide bonds. The van der Waals surface area contributed by atoms with Crippen LogP contribution in [0.5, 0.6) is 0 Å². The molecule has 2 N–H and O–H groups in total. The molecular formula is C28H30F3N3O3. The largest absolute Gasteiger partial charge is 0.481 e. The summed E-state index contributed by atoms with van der Waals surface area (Å²) in [6.45, 7) is 5.99. The van der Waals surface area contributed by atoms with E-state index in [1.807, 2.05) is 13.8 Å². The molecule has 1 saturated carbocycles. The molecule has 0 bridgehead atoms. The molecule has 2 aromatic carbocycles. The van der Waals surface area contributed by atoms with E-state index in [9.17, 15) is 18.7 Å². The number of nitrogens with one attached hydrogen (secondary N) is 1. The quantitative estimate of drug-likeness (QED) is 0.305. The topological polar surface area (TPSA) is 80.1 Å². The van der Waals surface area contributed by atoms with Crippen molar-refractivity contribution in [3.63, 3.8) is 0 Å². The number of rotatable bonds is 6. The highest BCUT2D eigenvalue weighted by Gasteiger charge is 2.42. The number of halogens is 3. The van der Waals surface area contributed by atoms with Gasteiger partial charge in [0.05, 0.1) is 23.7 Å². The molecule has 9 heteroatoms. The first-order chi connectivity index (χ1) is 17.5.